The van der Waals surface area contributed by atoms with E-state index in [2.05, 4.69) is 25.2 Å². The molecular formula is C12H22N6O. The Labute approximate surface area is 113 Å². The van der Waals surface area contributed by atoms with E-state index in [0.29, 0.717) is 11.9 Å². The normalized spacial score (nSPS) is 16.9. The molecule has 1 saturated heterocycles. The van der Waals surface area contributed by atoms with Gasteiger partial charge in [0.15, 0.2) is 0 Å². The van der Waals surface area contributed by atoms with Crippen molar-refractivity contribution in [3.63, 3.8) is 0 Å². The maximum atomic E-state index is 9.33. The van der Waals surface area contributed by atoms with Gasteiger partial charge in [-0.15, -0.1) is 0 Å². The number of nitrogens with two attached hydrogens (primary N) is 1. The Balaban J connectivity index is 2.16. The lowest BCUT2D eigenvalue weighted by atomic mass is 10.1. The average Bonchev–Trinajstić information content (AvgIpc) is 2.88. The second-order valence-corrected chi connectivity index (χ2v) is 5.19. The zero-order valence-electron chi connectivity index (χ0n) is 11.5. The molecule has 0 bridgehead atoms. The van der Waals surface area contributed by atoms with Gasteiger partial charge >= 0.3 is 0 Å². The van der Waals surface area contributed by atoms with Crippen LogP contribution in [0.2, 0.25) is 0 Å². The van der Waals surface area contributed by atoms with Gasteiger partial charge in [-0.05, 0) is 18.8 Å². The fourth-order valence-corrected chi connectivity index (χ4v) is 2.09. The first-order valence-corrected chi connectivity index (χ1v) is 6.74. The molecule has 1 aromatic rings. The largest absolute Gasteiger partial charge is 0.394 e. The van der Waals surface area contributed by atoms with Crippen LogP contribution in [-0.4, -0.2) is 45.8 Å². The van der Waals surface area contributed by atoms with Crippen LogP contribution in [0.4, 0.5) is 17.8 Å². The molecule has 2 rings (SSSR count). The highest BCUT2D eigenvalue weighted by Crippen LogP contribution is 2.18. The summed E-state index contributed by atoms with van der Waals surface area (Å²) in [6.45, 7) is 5.99. The smallest absolute Gasteiger partial charge is 0.231 e. The molecule has 1 unspecified atom stereocenters. The second-order valence-electron chi connectivity index (χ2n) is 5.19. The van der Waals surface area contributed by atoms with Gasteiger partial charge in [0.1, 0.15) is 0 Å². The summed E-state index contributed by atoms with van der Waals surface area (Å²) in [7, 11) is 0. The third-order valence-electron chi connectivity index (χ3n) is 3.35. The summed E-state index contributed by atoms with van der Waals surface area (Å²) in [5, 5.41) is 12.4. The quantitative estimate of drug-likeness (QED) is 0.712. The molecule has 0 saturated carbocycles. The Morgan fingerprint density at radius 1 is 1.26 bits per heavy atom. The van der Waals surface area contributed by atoms with E-state index >= 15 is 0 Å². The fraction of sp³-hybridized carbons (Fsp3) is 0.750. The predicted molar refractivity (Wildman–Crippen MR) is 75.0 cm³/mol. The number of hydrogen-bond donors (Lipinski definition) is 3. The van der Waals surface area contributed by atoms with Crippen LogP contribution in [0.25, 0.3) is 0 Å². The zero-order valence-corrected chi connectivity index (χ0v) is 11.5. The molecule has 19 heavy (non-hydrogen) atoms. The van der Waals surface area contributed by atoms with E-state index in [9.17, 15) is 5.11 Å². The first kappa shape index (κ1) is 13.8. The molecule has 0 aliphatic carbocycles. The minimum atomic E-state index is -0.0896. The van der Waals surface area contributed by atoms with Crippen molar-refractivity contribution in [1.29, 1.82) is 0 Å². The molecule has 1 atom stereocenters. The van der Waals surface area contributed by atoms with Gasteiger partial charge in [-0.25, -0.2) is 0 Å². The molecule has 1 fully saturated rings. The highest BCUT2D eigenvalue weighted by molar-refractivity contribution is 5.42. The summed E-state index contributed by atoms with van der Waals surface area (Å²) in [6, 6.07) is -0.0896. The Hall–Kier alpha value is -1.63. The lowest BCUT2D eigenvalue weighted by Gasteiger charge is -2.21. The summed E-state index contributed by atoms with van der Waals surface area (Å²) in [4.78, 5) is 14.7. The number of aliphatic hydroxyl groups excluding tert-OH is 1. The molecule has 7 heteroatoms. The van der Waals surface area contributed by atoms with Gasteiger partial charge < -0.3 is 21.1 Å². The van der Waals surface area contributed by atoms with Crippen LogP contribution >= 0.6 is 0 Å². The molecule has 7 nitrogen and oxygen atoms in total. The molecule has 0 spiro atoms. The second kappa shape index (κ2) is 6.01. The number of rotatable bonds is 5. The van der Waals surface area contributed by atoms with Crippen molar-refractivity contribution in [3.05, 3.63) is 0 Å². The van der Waals surface area contributed by atoms with E-state index in [1.54, 1.807) is 0 Å². The van der Waals surface area contributed by atoms with Gasteiger partial charge in [-0.2, -0.15) is 15.0 Å². The van der Waals surface area contributed by atoms with E-state index < -0.39 is 0 Å². The van der Waals surface area contributed by atoms with Crippen molar-refractivity contribution in [3.8, 4) is 0 Å². The van der Waals surface area contributed by atoms with Gasteiger partial charge in [0, 0.05) is 13.1 Å². The van der Waals surface area contributed by atoms with Gasteiger partial charge in [-0.3, -0.25) is 0 Å². The van der Waals surface area contributed by atoms with E-state index in [1.807, 2.05) is 13.8 Å². The molecule has 0 radical (unpaired) electrons. The van der Waals surface area contributed by atoms with Gasteiger partial charge in [0.25, 0.3) is 0 Å². The maximum Gasteiger partial charge on any atom is 0.231 e. The van der Waals surface area contributed by atoms with Crippen molar-refractivity contribution in [2.45, 2.75) is 32.7 Å². The predicted octanol–water partition coefficient (Wildman–Crippen LogP) is 0.483. The van der Waals surface area contributed by atoms with Crippen LogP contribution in [0, 0.1) is 5.92 Å². The van der Waals surface area contributed by atoms with Crippen molar-refractivity contribution >= 4 is 17.8 Å². The minimum Gasteiger partial charge on any atom is -0.394 e. The van der Waals surface area contributed by atoms with Crippen LogP contribution in [0.3, 0.4) is 0 Å². The number of hydrogen-bond acceptors (Lipinski definition) is 7. The number of nitrogens with one attached hydrogen (secondary N) is 1. The lowest BCUT2D eigenvalue weighted by molar-refractivity contribution is 0.248. The lowest BCUT2D eigenvalue weighted by Crippen LogP contribution is -2.31. The minimum absolute atomic E-state index is 0.0301. The zero-order chi connectivity index (χ0) is 13.8. The molecular weight excluding hydrogens is 244 g/mol. The molecule has 1 aliphatic heterocycles. The monoisotopic (exact) mass is 266 g/mol. The van der Waals surface area contributed by atoms with E-state index in [-0.39, 0.29) is 24.5 Å². The average molecular weight is 266 g/mol. The number of nitrogen functional groups attached to an aromatic ring is 1. The Bertz CT molecular complexity index is 419. The number of nitrogens with zero attached hydrogens (tertiary/aromatic N) is 4. The van der Waals surface area contributed by atoms with E-state index in [4.69, 9.17) is 5.73 Å². The molecule has 106 valence electrons. The van der Waals surface area contributed by atoms with Gasteiger partial charge in [0.05, 0.1) is 12.6 Å². The maximum absolute atomic E-state index is 9.33. The molecule has 0 amide bonds. The van der Waals surface area contributed by atoms with Crippen molar-refractivity contribution in [1.82, 2.24) is 15.0 Å². The number of aromatic nitrogens is 3. The number of aliphatic hydroxyl groups is 1. The standard InChI is InChI=1S/C12H22N6O/c1-8(2)9(7-19)14-11-15-10(13)16-12(17-11)18-5-3-4-6-18/h8-9,19H,3-7H2,1-2H3,(H3,13,14,15,16,17). The molecule has 1 aromatic heterocycles. The summed E-state index contributed by atoms with van der Waals surface area (Å²) in [5.74, 6) is 1.54. The summed E-state index contributed by atoms with van der Waals surface area (Å²) in [6.07, 6.45) is 2.30. The van der Waals surface area contributed by atoms with Crippen LogP contribution in [-0.2, 0) is 0 Å². The van der Waals surface area contributed by atoms with Gasteiger partial charge in [0.2, 0.25) is 17.8 Å². The van der Waals surface area contributed by atoms with Crippen molar-refractivity contribution in [2.75, 3.05) is 35.6 Å². The van der Waals surface area contributed by atoms with Crippen LogP contribution in [0.1, 0.15) is 26.7 Å². The van der Waals surface area contributed by atoms with E-state index in [0.717, 1.165) is 25.9 Å². The summed E-state index contributed by atoms with van der Waals surface area (Å²) < 4.78 is 0. The third kappa shape index (κ3) is 3.44. The number of anilines is 3. The van der Waals surface area contributed by atoms with Crippen molar-refractivity contribution in [2.24, 2.45) is 5.92 Å². The summed E-state index contributed by atoms with van der Waals surface area (Å²) in [5.41, 5.74) is 5.73. The SMILES string of the molecule is CC(C)C(CO)Nc1nc(N)nc(N2CCCC2)n1. The first-order valence-electron chi connectivity index (χ1n) is 6.74. The Morgan fingerprint density at radius 2 is 1.95 bits per heavy atom. The van der Waals surface area contributed by atoms with Gasteiger partial charge in [-0.1, -0.05) is 13.8 Å². The molecule has 1 aliphatic rings. The first-order chi connectivity index (χ1) is 9.10. The topological polar surface area (TPSA) is 100 Å². The highest BCUT2D eigenvalue weighted by Gasteiger charge is 2.18. The van der Waals surface area contributed by atoms with Crippen molar-refractivity contribution < 1.29 is 5.11 Å². The third-order valence-corrected chi connectivity index (χ3v) is 3.35. The Kier molecular flexibility index (Phi) is 4.36. The molecule has 4 N–H and O–H groups in total. The van der Waals surface area contributed by atoms with Crippen LogP contribution < -0.4 is 16.0 Å². The highest BCUT2D eigenvalue weighted by atomic mass is 16.3. The van der Waals surface area contributed by atoms with Crippen LogP contribution in [0.5, 0.6) is 0 Å². The Morgan fingerprint density at radius 3 is 2.53 bits per heavy atom. The fourth-order valence-electron chi connectivity index (χ4n) is 2.09. The summed E-state index contributed by atoms with van der Waals surface area (Å²) >= 11 is 0. The molecule has 2 heterocycles. The van der Waals surface area contributed by atoms with E-state index in [1.165, 1.54) is 0 Å². The molecule has 0 aromatic carbocycles. The van der Waals surface area contributed by atoms with Crippen LogP contribution in [0.15, 0.2) is 0 Å².